The Hall–Kier alpha value is -1.14. The summed E-state index contributed by atoms with van der Waals surface area (Å²) in [6.45, 7) is 7.80. The van der Waals surface area contributed by atoms with Gasteiger partial charge in [-0.3, -0.25) is 0 Å². The first-order valence-corrected chi connectivity index (χ1v) is 5.80. The SMILES string of the molecule is CC1(C)OB(c2ccc(N(F)F)cc2)OC1(C)C. The summed E-state index contributed by atoms with van der Waals surface area (Å²) in [5, 5.41) is -0.923. The van der Waals surface area contributed by atoms with E-state index in [0.717, 1.165) is 5.46 Å². The largest absolute Gasteiger partial charge is 0.494 e. The van der Waals surface area contributed by atoms with Crippen LogP contribution < -0.4 is 10.8 Å². The van der Waals surface area contributed by atoms with Gasteiger partial charge in [0.2, 0.25) is 0 Å². The molecule has 0 atom stereocenters. The molecule has 2 rings (SSSR count). The molecule has 0 N–H and O–H groups in total. The van der Waals surface area contributed by atoms with E-state index in [9.17, 15) is 8.96 Å². The second-order valence-corrected chi connectivity index (χ2v) is 5.41. The number of anilines is 1. The Morgan fingerprint density at radius 3 is 1.78 bits per heavy atom. The molecular formula is C12H16BF2NO2. The third-order valence-electron chi connectivity index (χ3n) is 3.61. The minimum atomic E-state index is -0.923. The summed E-state index contributed by atoms with van der Waals surface area (Å²) in [5.41, 5.74) is -0.278. The van der Waals surface area contributed by atoms with Crippen LogP contribution >= 0.6 is 0 Å². The molecule has 1 aromatic rings. The summed E-state index contributed by atoms with van der Waals surface area (Å²) >= 11 is 0. The van der Waals surface area contributed by atoms with E-state index in [1.807, 2.05) is 27.7 Å². The van der Waals surface area contributed by atoms with E-state index in [4.69, 9.17) is 9.31 Å². The first kappa shape index (κ1) is 13.3. The number of benzene rings is 1. The minimum Gasteiger partial charge on any atom is -0.399 e. The fourth-order valence-corrected chi connectivity index (χ4v) is 1.72. The zero-order chi connectivity index (χ0) is 13.6. The lowest BCUT2D eigenvalue weighted by molar-refractivity contribution is 0.00578. The van der Waals surface area contributed by atoms with Crippen molar-refractivity contribution >= 4 is 18.3 Å². The maximum Gasteiger partial charge on any atom is 0.494 e. The second-order valence-electron chi connectivity index (χ2n) is 5.41. The molecule has 1 aromatic carbocycles. The Morgan fingerprint density at radius 2 is 1.39 bits per heavy atom. The Morgan fingerprint density at radius 1 is 0.944 bits per heavy atom. The first-order valence-electron chi connectivity index (χ1n) is 5.80. The van der Waals surface area contributed by atoms with Gasteiger partial charge in [0, 0.05) is 0 Å². The van der Waals surface area contributed by atoms with Gasteiger partial charge in [-0.15, -0.1) is 0 Å². The zero-order valence-electron chi connectivity index (χ0n) is 10.9. The highest BCUT2D eigenvalue weighted by Crippen LogP contribution is 2.36. The van der Waals surface area contributed by atoms with Crippen LogP contribution in [0.5, 0.6) is 0 Å². The highest BCUT2D eigenvalue weighted by molar-refractivity contribution is 6.62. The molecule has 98 valence electrons. The summed E-state index contributed by atoms with van der Waals surface area (Å²) in [5.74, 6) is 0. The summed E-state index contributed by atoms with van der Waals surface area (Å²) in [4.78, 5) is 0. The van der Waals surface area contributed by atoms with Crippen molar-refractivity contribution < 1.29 is 18.3 Å². The molecule has 0 spiro atoms. The molecule has 3 nitrogen and oxygen atoms in total. The third-order valence-corrected chi connectivity index (χ3v) is 3.61. The quantitative estimate of drug-likeness (QED) is 0.598. The highest BCUT2D eigenvalue weighted by Gasteiger charge is 2.51. The van der Waals surface area contributed by atoms with Crippen molar-refractivity contribution in [1.82, 2.24) is 0 Å². The van der Waals surface area contributed by atoms with Gasteiger partial charge in [0.15, 0.2) is 0 Å². The average molecular weight is 255 g/mol. The monoisotopic (exact) mass is 255 g/mol. The van der Waals surface area contributed by atoms with Crippen LogP contribution in [0.4, 0.5) is 14.6 Å². The minimum absolute atomic E-state index is 0.157. The first-order chi connectivity index (χ1) is 8.23. The molecule has 1 heterocycles. The Bertz CT molecular complexity index is 418. The molecular weight excluding hydrogens is 239 g/mol. The number of nitrogens with zero attached hydrogens (tertiary/aromatic N) is 1. The van der Waals surface area contributed by atoms with Gasteiger partial charge < -0.3 is 9.31 Å². The molecule has 0 aliphatic carbocycles. The van der Waals surface area contributed by atoms with Crippen LogP contribution in [0.25, 0.3) is 0 Å². The van der Waals surface area contributed by atoms with Crippen molar-refractivity contribution in [1.29, 1.82) is 0 Å². The van der Waals surface area contributed by atoms with Crippen LogP contribution in [0, 0.1) is 0 Å². The van der Waals surface area contributed by atoms with Crippen LogP contribution in [0.3, 0.4) is 0 Å². The van der Waals surface area contributed by atoms with Gasteiger partial charge in [0.25, 0.3) is 0 Å². The van der Waals surface area contributed by atoms with Crippen LogP contribution in [0.1, 0.15) is 27.7 Å². The lowest BCUT2D eigenvalue weighted by Crippen LogP contribution is -2.41. The van der Waals surface area contributed by atoms with E-state index in [0.29, 0.717) is 0 Å². The molecule has 1 aliphatic heterocycles. The van der Waals surface area contributed by atoms with Crippen molar-refractivity contribution in [2.75, 3.05) is 5.34 Å². The van der Waals surface area contributed by atoms with E-state index >= 15 is 0 Å². The van der Waals surface area contributed by atoms with Gasteiger partial charge in [-0.2, -0.15) is 0 Å². The van der Waals surface area contributed by atoms with Crippen molar-refractivity contribution in [2.45, 2.75) is 38.9 Å². The van der Waals surface area contributed by atoms with Gasteiger partial charge >= 0.3 is 7.12 Å². The Labute approximate surface area is 106 Å². The molecule has 0 bridgehead atoms. The summed E-state index contributed by atoms with van der Waals surface area (Å²) in [7, 11) is -0.517. The fraction of sp³-hybridized carbons (Fsp3) is 0.500. The molecule has 1 fully saturated rings. The van der Waals surface area contributed by atoms with Crippen molar-refractivity contribution in [2.24, 2.45) is 0 Å². The molecule has 18 heavy (non-hydrogen) atoms. The average Bonchev–Trinajstić information content (AvgIpc) is 2.48. The smallest absolute Gasteiger partial charge is 0.399 e. The number of halogens is 2. The van der Waals surface area contributed by atoms with E-state index in [2.05, 4.69) is 0 Å². The van der Waals surface area contributed by atoms with Gasteiger partial charge in [-0.25, -0.2) is 0 Å². The molecule has 1 aliphatic rings. The van der Waals surface area contributed by atoms with Crippen molar-refractivity contribution in [3.8, 4) is 0 Å². The predicted octanol–water partition coefficient (Wildman–Crippen LogP) is 2.56. The summed E-state index contributed by atoms with van der Waals surface area (Å²) in [6, 6.07) is 5.84. The van der Waals surface area contributed by atoms with Crippen LogP contribution in [0.2, 0.25) is 0 Å². The van der Waals surface area contributed by atoms with E-state index < -0.39 is 23.7 Å². The van der Waals surface area contributed by atoms with Crippen LogP contribution in [-0.2, 0) is 9.31 Å². The zero-order valence-corrected chi connectivity index (χ0v) is 10.9. The molecule has 1 saturated heterocycles. The van der Waals surface area contributed by atoms with Crippen LogP contribution in [-0.4, -0.2) is 18.3 Å². The molecule has 0 unspecified atom stereocenters. The summed E-state index contributed by atoms with van der Waals surface area (Å²) < 4.78 is 36.2. The second kappa shape index (κ2) is 4.21. The van der Waals surface area contributed by atoms with E-state index in [1.165, 1.54) is 12.1 Å². The Kier molecular flexibility index (Phi) is 3.11. The van der Waals surface area contributed by atoms with Gasteiger partial charge in [-0.05, 0) is 50.6 Å². The van der Waals surface area contributed by atoms with Crippen molar-refractivity contribution in [3.63, 3.8) is 0 Å². The molecule has 0 radical (unpaired) electrons. The Balaban J connectivity index is 2.19. The molecule has 6 heteroatoms. The third kappa shape index (κ3) is 2.22. The number of rotatable bonds is 2. The molecule has 0 amide bonds. The lowest BCUT2D eigenvalue weighted by Gasteiger charge is -2.32. The van der Waals surface area contributed by atoms with Crippen LogP contribution in [0.15, 0.2) is 24.3 Å². The lowest BCUT2D eigenvalue weighted by atomic mass is 9.79. The molecule has 0 aromatic heterocycles. The van der Waals surface area contributed by atoms with Gasteiger partial charge in [-0.1, -0.05) is 21.1 Å². The van der Waals surface area contributed by atoms with E-state index in [1.54, 1.807) is 12.1 Å². The van der Waals surface area contributed by atoms with Crippen molar-refractivity contribution in [3.05, 3.63) is 24.3 Å². The maximum absolute atomic E-state index is 12.3. The number of hydrogen-bond donors (Lipinski definition) is 0. The maximum atomic E-state index is 12.3. The van der Waals surface area contributed by atoms with E-state index in [-0.39, 0.29) is 5.69 Å². The topological polar surface area (TPSA) is 21.7 Å². The standard InChI is InChI=1S/C12H16BF2NO2/c1-11(2)12(3,4)18-13(17-11)9-5-7-10(8-6-9)16(14)15/h5-8H,1-4H3. The number of hydrogen-bond acceptors (Lipinski definition) is 3. The summed E-state index contributed by atoms with van der Waals surface area (Å²) in [6.07, 6.45) is 0. The molecule has 0 saturated carbocycles. The van der Waals surface area contributed by atoms with Gasteiger partial charge in [0.05, 0.1) is 11.2 Å². The van der Waals surface area contributed by atoms with Gasteiger partial charge in [0.1, 0.15) is 5.69 Å². The normalized spacial score (nSPS) is 21.1. The highest BCUT2D eigenvalue weighted by atomic mass is 19.4. The fourth-order valence-electron chi connectivity index (χ4n) is 1.72. The predicted molar refractivity (Wildman–Crippen MR) is 66.9 cm³/mol.